The second-order valence-corrected chi connectivity index (χ2v) is 7.86. The average Bonchev–Trinajstić information content (AvgIpc) is 3.33. The lowest BCUT2D eigenvalue weighted by atomic mass is 10.0. The standard InChI is InChI=1S/C24H29N3O3/c1-2-14-25-23(28)21-17-27(19-12-6-7-13-20(19)30-21)22(18-10-4-3-5-11-18)24(29)26-15-8-9-16-26/h3-7,10-13,21-22H,2,8-9,14-17H2,1H3,(H,25,28)/t21-,22+/m1/s1. The van der Waals surface area contributed by atoms with Crippen LogP contribution in [0.25, 0.3) is 0 Å². The monoisotopic (exact) mass is 407 g/mol. The molecule has 2 atom stereocenters. The molecule has 6 heteroatoms. The van der Waals surface area contributed by atoms with Crippen molar-refractivity contribution < 1.29 is 14.3 Å². The topological polar surface area (TPSA) is 61.9 Å². The van der Waals surface area contributed by atoms with Crippen LogP contribution in [0, 0.1) is 0 Å². The largest absolute Gasteiger partial charge is 0.477 e. The molecule has 4 rings (SSSR count). The molecule has 0 spiro atoms. The summed E-state index contributed by atoms with van der Waals surface area (Å²) in [6, 6.07) is 17.0. The van der Waals surface area contributed by atoms with Crippen molar-refractivity contribution in [3.05, 3.63) is 60.2 Å². The third-order valence-corrected chi connectivity index (χ3v) is 5.73. The smallest absolute Gasteiger partial charge is 0.262 e. The Balaban J connectivity index is 1.72. The number of carbonyl (C=O) groups is 2. The zero-order valence-electron chi connectivity index (χ0n) is 17.4. The van der Waals surface area contributed by atoms with E-state index in [0.29, 0.717) is 18.8 Å². The Morgan fingerprint density at radius 2 is 1.77 bits per heavy atom. The molecule has 2 amide bonds. The zero-order chi connectivity index (χ0) is 20.9. The molecule has 158 valence electrons. The Kier molecular flexibility index (Phi) is 6.21. The minimum atomic E-state index is -0.663. The molecule has 2 aromatic rings. The first-order valence-electron chi connectivity index (χ1n) is 10.8. The molecule has 2 aromatic carbocycles. The van der Waals surface area contributed by atoms with Crippen LogP contribution in [0.2, 0.25) is 0 Å². The van der Waals surface area contributed by atoms with Gasteiger partial charge in [-0.05, 0) is 37.0 Å². The lowest BCUT2D eigenvalue weighted by Crippen LogP contribution is -2.52. The Labute approximate surface area is 177 Å². The molecule has 0 radical (unpaired) electrons. The Bertz CT molecular complexity index is 880. The molecule has 6 nitrogen and oxygen atoms in total. The van der Waals surface area contributed by atoms with Crippen LogP contribution in [-0.4, -0.2) is 49.0 Å². The predicted octanol–water partition coefficient (Wildman–Crippen LogP) is 3.14. The van der Waals surface area contributed by atoms with Crippen LogP contribution in [0.3, 0.4) is 0 Å². The molecule has 30 heavy (non-hydrogen) atoms. The number of ether oxygens (including phenoxy) is 1. The van der Waals surface area contributed by atoms with E-state index in [-0.39, 0.29) is 11.8 Å². The summed E-state index contributed by atoms with van der Waals surface area (Å²) in [6.45, 7) is 4.52. The molecular formula is C24H29N3O3. The number of nitrogens with zero attached hydrogens (tertiary/aromatic N) is 2. The number of fused-ring (bicyclic) bond motifs is 1. The van der Waals surface area contributed by atoms with Gasteiger partial charge in [-0.1, -0.05) is 49.4 Å². The number of carbonyl (C=O) groups excluding carboxylic acids is 2. The summed E-state index contributed by atoms with van der Waals surface area (Å²) < 4.78 is 6.03. The van der Waals surface area contributed by atoms with Gasteiger partial charge in [-0.25, -0.2) is 0 Å². The van der Waals surface area contributed by atoms with E-state index in [1.54, 1.807) is 0 Å². The maximum atomic E-state index is 13.6. The van der Waals surface area contributed by atoms with Crippen LogP contribution in [0.15, 0.2) is 54.6 Å². The van der Waals surface area contributed by atoms with E-state index < -0.39 is 12.1 Å². The van der Waals surface area contributed by atoms with Gasteiger partial charge >= 0.3 is 0 Å². The minimum absolute atomic E-state index is 0.0862. The fourth-order valence-electron chi connectivity index (χ4n) is 4.21. The summed E-state index contributed by atoms with van der Waals surface area (Å²) >= 11 is 0. The Morgan fingerprint density at radius 1 is 1.07 bits per heavy atom. The maximum absolute atomic E-state index is 13.6. The van der Waals surface area contributed by atoms with E-state index in [4.69, 9.17) is 4.74 Å². The van der Waals surface area contributed by atoms with E-state index in [1.807, 2.05) is 71.3 Å². The van der Waals surface area contributed by atoms with Crippen molar-refractivity contribution in [2.45, 2.75) is 38.3 Å². The number of hydrogen-bond acceptors (Lipinski definition) is 4. The quantitative estimate of drug-likeness (QED) is 0.799. The SMILES string of the molecule is CCCNC(=O)[C@H]1CN([C@H](C(=O)N2CCCC2)c2ccccc2)c2ccccc2O1. The molecule has 1 fully saturated rings. The minimum Gasteiger partial charge on any atom is -0.477 e. The maximum Gasteiger partial charge on any atom is 0.262 e. The van der Waals surface area contributed by atoms with E-state index in [2.05, 4.69) is 5.32 Å². The highest BCUT2D eigenvalue weighted by Crippen LogP contribution is 2.39. The van der Waals surface area contributed by atoms with Crippen molar-refractivity contribution in [3.8, 4) is 5.75 Å². The summed E-state index contributed by atoms with van der Waals surface area (Å²) in [5.74, 6) is 0.579. The van der Waals surface area contributed by atoms with Crippen LogP contribution in [-0.2, 0) is 9.59 Å². The van der Waals surface area contributed by atoms with Gasteiger partial charge in [-0.15, -0.1) is 0 Å². The fraction of sp³-hybridized carbons (Fsp3) is 0.417. The summed E-state index contributed by atoms with van der Waals surface area (Å²) in [7, 11) is 0. The molecule has 2 aliphatic heterocycles. The van der Waals surface area contributed by atoms with Gasteiger partial charge in [-0.3, -0.25) is 9.59 Å². The van der Waals surface area contributed by atoms with Gasteiger partial charge < -0.3 is 19.9 Å². The number of likely N-dealkylation sites (tertiary alicyclic amines) is 1. The second kappa shape index (κ2) is 9.20. The highest BCUT2D eigenvalue weighted by molar-refractivity contribution is 5.89. The number of para-hydroxylation sites is 2. The highest BCUT2D eigenvalue weighted by atomic mass is 16.5. The first kappa shape index (κ1) is 20.3. The third kappa shape index (κ3) is 4.13. The molecule has 0 bridgehead atoms. The molecule has 2 aliphatic rings. The fourth-order valence-corrected chi connectivity index (χ4v) is 4.21. The average molecular weight is 408 g/mol. The van der Waals surface area contributed by atoms with Crippen LogP contribution in [0.4, 0.5) is 5.69 Å². The van der Waals surface area contributed by atoms with Gasteiger partial charge in [0.1, 0.15) is 11.8 Å². The van der Waals surface area contributed by atoms with Crippen LogP contribution in [0.1, 0.15) is 37.8 Å². The second-order valence-electron chi connectivity index (χ2n) is 7.86. The number of benzene rings is 2. The number of amides is 2. The highest BCUT2D eigenvalue weighted by Gasteiger charge is 2.39. The predicted molar refractivity (Wildman–Crippen MR) is 117 cm³/mol. The van der Waals surface area contributed by atoms with E-state index in [0.717, 1.165) is 43.6 Å². The van der Waals surface area contributed by atoms with E-state index in [1.165, 1.54) is 0 Å². The van der Waals surface area contributed by atoms with Gasteiger partial charge in [0.05, 0.1) is 12.2 Å². The lowest BCUT2D eigenvalue weighted by molar-refractivity contribution is -0.133. The Morgan fingerprint density at radius 3 is 2.50 bits per heavy atom. The van der Waals surface area contributed by atoms with Gasteiger partial charge in [0.15, 0.2) is 6.10 Å². The van der Waals surface area contributed by atoms with Crippen molar-refractivity contribution in [2.24, 2.45) is 0 Å². The van der Waals surface area contributed by atoms with Crippen molar-refractivity contribution in [1.82, 2.24) is 10.2 Å². The van der Waals surface area contributed by atoms with Gasteiger partial charge in [0.25, 0.3) is 5.91 Å². The summed E-state index contributed by atoms with van der Waals surface area (Å²) in [6.07, 6.45) is 2.27. The molecular weight excluding hydrogens is 378 g/mol. The molecule has 0 aliphatic carbocycles. The third-order valence-electron chi connectivity index (χ3n) is 5.73. The van der Waals surface area contributed by atoms with Crippen molar-refractivity contribution in [3.63, 3.8) is 0 Å². The number of rotatable bonds is 6. The summed E-state index contributed by atoms with van der Waals surface area (Å²) in [5.41, 5.74) is 1.78. The van der Waals surface area contributed by atoms with Gasteiger partial charge in [0.2, 0.25) is 5.91 Å². The van der Waals surface area contributed by atoms with Crippen LogP contribution < -0.4 is 15.0 Å². The lowest BCUT2D eigenvalue weighted by Gasteiger charge is -2.41. The number of hydrogen-bond donors (Lipinski definition) is 1. The van der Waals surface area contributed by atoms with Gasteiger partial charge in [0, 0.05) is 19.6 Å². The molecule has 0 aromatic heterocycles. The van der Waals surface area contributed by atoms with Crippen molar-refractivity contribution in [1.29, 1.82) is 0 Å². The number of nitrogens with one attached hydrogen (secondary N) is 1. The molecule has 1 N–H and O–H groups in total. The summed E-state index contributed by atoms with van der Waals surface area (Å²) in [5, 5.41) is 2.93. The van der Waals surface area contributed by atoms with Crippen molar-refractivity contribution in [2.75, 3.05) is 31.1 Å². The molecule has 0 unspecified atom stereocenters. The first-order valence-corrected chi connectivity index (χ1v) is 10.8. The first-order chi connectivity index (χ1) is 14.7. The summed E-state index contributed by atoms with van der Waals surface area (Å²) in [4.78, 5) is 30.4. The molecule has 0 saturated carbocycles. The van der Waals surface area contributed by atoms with Crippen molar-refractivity contribution >= 4 is 17.5 Å². The van der Waals surface area contributed by atoms with Crippen LogP contribution in [0.5, 0.6) is 5.75 Å². The normalized spacial score (nSPS) is 19.0. The molecule has 2 heterocycles. The number of anilines is 1. The van der Waals surface area contributed by atoms with Crippen LogP contribution >= 0.6 is 0 Å². The molecule has 1 saturated heterocycles. The van der Waals surface area contributed by atoms with E-state index >= 15 is 0 Å². The van der Waals surface area contributed by atoms with Gasteiger partial charge in [-0.2, -0.15) is 0 Å². The Hall–Kier alpha value is -3.02. The zero-order valence-corrected chi connectivity index (χ0v) is 17.4. The van der Waals surface area contributed by atoms with E-state index in [9.17, 15) is 9.59 Å².